The number of halogens is 1. The summed E-state index contributed by atoms with van der Waals surface area (Å²) in [5, 5.41) is 1.31. The van der Waals surface area contributed by atoms with Gasteiger partial charge in [-0.05, 0) is 29.3 Å². The monoisotopic (exact) mass is 420 g/mol. The maximum Gasteiger partial charge on any atom is 0.236 e. The Balaban J connectivity index is 1.56. The van der Waals surface area contributed by atoms with Crippen LogP contribution < -0.4 is 0 Å². The van der Waals surface area contributed by atoms with Crippen molar-refractivity contribution in [2.45, 2.75) is 6.54 Å². The quantitative estimate of drug-likeness (QED) is 0.741. The van der Waals surface area contributed by atoms with Gasteiger partial charge in [-0.2, -0.15) is 4.31 Å². The molecule has 3 rings (SSSR count). The summed E-state index contributed by atoms with van der Waals surface area (Å²) in [5.41, 5.74) is 2.13. The van der Waals surface area contributed by atoms with E-state index in [9.17, 15) is 8.42 Å². The highest BCUT2D eigenvalue weighted by atomic mass is 79.9. The number of hydrogen-bond acceptors (Lipinski definition) is 3. The summed E-state index contributed by atoms with van der Waals surface area (Å²) in [5.74, 6) is 0. The van der Waals surface area contributed by atoms with Gasteiger partial charge in [-0.25, -0.2) is 8.42 Å². The largest absolute Gasteiger partial charge is 0.296 e. The maximum atomic E-state index is 12.5. The van der Waals surface area contributed by atoms with Crippen molar-refractivity contribution in [3.05, 3.63) is 75.6 Å². The predicted molar refractivity (Wildman–Crippen MR) is 105 cm³/mol. The molecule has 0 unspecified atom stereocenters. The maximum absolute atomic E-state index is 12.5. The SMILES string of the molecule is O=S(=O)(/C=C/c1ccc(Br)cc1)N1CCN(Cc2ccccc2)CC1. The van der Waals surface area contributed by atoms with Gasteiger partial charge in [0, 0.05) is 42.6 Å². The molecule has 0 amide bonds. The van der Waals surface area contributed by atoms with Crippen molar-refractivity contribution in [3.63, 3.8) is 0 Å². The third-order valence-electron chi connectivity index (χ3n) is 4.24. The molecule has 2 aromatic carbocycles. The van der Waals surface area contributed by atoms with Crippen LogP contribution in [0.25, 0.3) is 6.08 Å². The van der Waals surface area contributed by atoms with Gasteiger partial charge in [0.15, 0.2) is 0 Å². The molecule has 0 atom stereocenters. The Kier molecular flexibility index (Phi) is 6.06. The molecule has 0 N–H and O–H groups in total. The van der Waals surface area contributed by atoms with Crippen LogP contribution >= 0.6 is 15.9 Å². The molecule has 1 heterocycles. The summed E-state index contributed by atoms with van der Waals surface area (Å²) < 4.78 is 27.5. The first-order valence-corrected chi connectivity index (χ1v) is 10.5. The Morgan fingerprint density at radius 1 is 0.920 bits per heavy atom. The van der Waals surface area contributed by atoms with Crippen molar-refractivity contribution < 1.29 is 8.42 Å². The number of nitrogens with zero attached hydrogens (tertiary/aromatic N) is 2. The van der Waals surface area contributed by atoms with E-state index in [1.807, 2.05) is 42.5 Å². The van der Waals surface area contributed by atoms with E-state index in [1.165, 1.54) is 11.0 Å². The van der Waals surface area contributed by atoms with Gasteiger partial charge in [0.25, 0.3) is 0 Å². The van der Waals surface area contributed by atoms with Crippen molar-refractivity contribution in [2.24, 2.45) is 0 Å². The highest BCUT2D eigenvalue weighted by Gasteiger charge is 2.24. The molecule has 0 aliphatic carbocycles. The Morgan fingerprint density at radius 3 is 2.20 bits per heavy atom. The van der Waals surface area contributed by atoms with Crippen molar-refractivity contribution in [1.82, 2.24) is 9.21 Å². The molecule has 4 nitrogen and oxygen atoms in total. The Bertz CT molecular complexity index is 812. The van der Waals surface area contributed by atoms with E-state index < -0.39 is 10.0 Å². The van der Waals surface area contributed by atoms with Crippen LogP contribution in [-0.2, 0) is 16.6 Å². The fourth-order valence-corrected chi connectivity index (χ4v) is 4.25. The third-order valence-corrected chi connectivity index (χ3v) is 6.34. The lowest BCUT2D eigenvalue weighted by atomic mass is 10.2. The fourth-order valence-electron chi connectivity index (χ4n) is 2.81. The zero-order chi connectivity index (χ0) is 17.7. The predicted octanol–water partition coefficient (Wildman–Crippen LogP) is 3.57. The Labute approximate surface area is 157 Å². The summed E-state index contributed by atoms with van der Waals surface area (Å²) >= 11 is 3.37. The first-order chi connectivity index (χ1) is 12.0. The third kappa shape index (κ3) is 5.25. The van der Waals surface area contributed by atoms with Crippen molar-refractivity contribution in [3.8, 4) is 0 Å². The number of benzene rings is 2. The van der Waals surface area contributed by atoms with Crippen LogP contribution in [0.2, 0.25) is 0 Å². The van der Waals surface area contributed by atoms with Gasteiger partial charge >= 0.3 is 0 Å². The van der Waals surface area contributed by atoms with Crippen LogP contribution in [0.1, 0.15) is 11.1 Å². The molecule has 2 aromatic rings. The molecule has 25 heavy (non-hydrogen) atoms. The minimum absolute atomic E-state index is 0.528. The van der Waals surface area contributed by atoms with Gasteiger partial charge in [-0.1, -0.05) is 58.4 Å². The first kappa shape index (κ1) is 18.3. The van der Waals surface area contributed by atoms with Crippen LogP contribution in [0.5, 0.6) is 0 Å². The molecule has 0 saturated carbocycles. The molecule has 0 aromatic heterocycles. The molecule has 1 fully saturated rings. The average molecular weight is 421 g/mol. The van der Waals surface area contributed by atoms with Gasteiger partial charge in [-0.3, -0.25) is 4.90 Å². The molecule has 0 bridgehead atoms. The van der Waals surface area contributed by atoms with Gasteiger partial charge < -0.3 is 0 Å². The molecule has 0 spiro atoms. The van der Waals surface area contributed by atoms with Gasteiger partial charge in [0.1, 0.15) is 0 Å². The molecule has 0 radical (unpaired) electrons. The summed E-state index contributed by atoms with van der Waals surface area (Å²) in [6, 6.07) is 17.8. The van der Waals surface area contributed by atoms with Crippen LogP contribution in [0.4, 0.5) is 0 Å². The highest BCUT2D eigenvalue weighted by Crippen LogP contribution is 2.15. The molecule has 1 saturated heterocycles. The summed E-state index contributed by atoms with van der Waals surface area (Å²) in [7, 11) is -3.37. The molecular weight excluding hydrogens is 400 g/mol. The Hall–Kier alpha value is -1.47. The topological polar surface area (TPSA) is 40.6 Å². The second-order valence-corrected chi connectivity index (χ2v) is 8.79. The summed E-state index contributed by atoms with van der Waals surface area (Å²) in [4.78, 5) is 2.29. The summed E-state index contributed by atoms with van der Waals surface area (Å²) in [6.45, 7) is 3.42. The second kappa shape index (κ2) is 8.27. The van der Waals surface area contributed by atoms with Crippen molar-refractivity contribution >= 4 is 32.0 Å². The van der Waals surface area contributed by atoms with Gasteiger partial charge in [-0.15, -0.1) is 0 Å². The van der Waals surface area contributed by atoms with Crippen molar-refractivity contribution in [1.29, 1.82) is 0 Å². The second-order valence-electron chi connectivity index (χ2n) is 6.06. The van der Waals surface area contributed by atoms with E-state index in [0.29, 0.717) is 13.1 Å². The van der Waals surface area contributed by atoms with Gasteiger partial charge in [0.05, 0.1) is 0 Å². The van der Waals surface area contributed by atoms with E-state index >= 15 is 0 Å². The number of hydrogen-bond donors (Lipinski definition) is 0. The lowest BCUT2D eigenvalue weighted by molar-refractivity contribution is 0.182. The zero-order valence-electron chi connectivity index (χ0n) is 13.9. The first-order valence-electron chi connectivity index (χ1n) is 8.23. The van der Waals surface area contributed by atoms with Crippen LogP contribution in [-0.4, -0.2) is 43.8 Å². The van der Waals surface area contributed by atoms with E-state index in [2.05, 4.69) is 33.0 Å². The minimum Gasteiger partial charge on any atom is -0.296 e. The Morgan fingerprint density at radius 2 is 1.56 bits per heavy atom. The van der Waals surface area contributed by atoms with E-state index in [0.717, 1.165) is 29.7 Å². The number of rotatable bonds is 5. The lowest BCUT2D eigenvalue weighted by Crippen LogP contribution is -2.47. The fraction of sp³-hybridized carbons (Fsp3) is 0.263. The van der Waals surface area contributed by atoms with Crippen LogP contribution in [0.3, 0.4) is 0 Å². The van der Waals surface area contributed by atoms with E-state index in [1.54, 1.807) is 10.4 Å². The summed E-state index contributed by atoms with van der Waals surface area (Å²) in [6.07, 6.45) is 1.65. The standard InChI is InChI=1S/C19H21BrN2O2S/c20-19-8-6-17(7-9-19)10-15-25(23,24)22-13-11-21(12-14-22)16-18-4-2-1-3-5-18/h1-10,15H,11-14,16H2/b15-10+. The van der Waals surface area contributed by atoms with Crippen molar-refractivity contribution in [2.75, 3.05) is 26.2 Å². The normalized spacial score (nSPS) is 17.2. The smallest absolute Gasteiger partial charge is 0.236 e. The number of sulfonamides is 1. The minimum atomic E-state index is -3.37. The molecule has 132 valence electrons. The highest BCUT2D eigenvalue weighted by molar-refractivity contribution is 9.10. The van der Waals surface area contributed by atoms with E-state index in [4.69, 9.17) is 0 Å². The van der Waals surface area contributed by atoms with Crippen LogP contribution in [0.15, 0.2) is 64.5 Å². The molecule has 1 aliphatic heterocycles. The van der Waals surface area contributed by atoms with E-state index in [-0.39, 0.29) is 0 Å². The lowest BCUT2D eigenvalue weighted by Gasteiger charge is -2.33. The zero-order valence-corrected chi connectivity index (χ0v) is 16.3. The molecule has 1 aliphatic rings. The molecule has 6 heteroatoms. The van der Waals surface area contributed by atoms with Gasteiger partial charge in [0.2, 0.25) is 10.0 Å². The average Bonchev–Trinajstić information content (AvgIpc) is 2.63. The number of piperazine rings is 1. The van der Waals surface area contributed by atoms with Crippen LogP contribution in [0, 0.1) is 0 Å². The molecular formula is C19H21BrN2O2S.